The smallest absolute Gasteiger partial charge is 0.337 e. The van der Waals surface area contributed by atoms with Gasteiger partial charge in [-0.15, -0.1) is 0 Å². The lowest BCUT2D eigenvalue weighted by Gasteiger charge is -2.38. The number of rotatable bonds is 5. The second-order valence-electron chi connectivity index (χ2n) is 7.87. The summed E-state index contributed by atoms with van der Waals surface area (Å²) in [4.78, 5) is 50.7. The van der Waals surface area contributed by atoms with Crippen molar-refractivity contribution >= 4 is 23.7 Å². The van der Waals surface area contributed by atoms with Gasteiger partial charge in [0.05, 0.1) is 32.0 Å². The molecule has 0 saturated heterocycles. The number of dihydropyridines is 1. The molecule has 1 aliphatic carbocycles. The van der Waals surface area contributed by atoms with E-state index in [4.69, 9.17) is 14.2 Å². The number of nitrogens with one attached hydrogen (secondary N) is 1. The Balaban J connectivity index is 2.17. The molecule has 1 N–H and O–H groups in total. The first-order chi connectivity index (χ1) is 15.2. The van der Waals surface area contributed by atoms with Crippen LogP contribution in [0.4, 0.5) is 0 Å². The van der Waals surface area contributed by atoms with Crippen LogP contribution in [0.3, 0.4) is 0 Å². The normalized spacial score (nSPS) is 22.7. The highest BCUT2D eigenvalue weighted by Crippen LogP contribution is 2.45. The van der Waals surface area contributed by atoms with Gasteiger partial charge < -0.3 is 19.5 Å². The Hall–Kier alpha value is -3.42. The highest BCUT2D eigenvalue weighted by atomic mass is 16.5. The molecule has 2 aliphatic rings. The zero-order chi connectivity index (χ0) is 23.6. The third kappa shape index (κ3) is 4.04. The molecule has 0 fully saturated rings. The lowest BCUT2D eigenvalue weighted by atomic mass is 9.69. The van der Waals surface area contributed by atoms with Crippen LogP contribution in [0.1, 0.15) is 49.0 Å². The van der Waals surface area contributed by atoms with Gasteiger partial charge in [-0.3, -0.25) is 9.59 Å². The van der Waals surface area contributed by atoms with Crippen molar-refractivity contribution < 1.29 is 33.4 Å². The van der Waals surface area contributed by atoms with Crippen molar-refractivity contribution in [1.29, 1.82) is 0 Å². The molecule has 1 heterocycles. The summed E-state index contributed by atoms with van der Waals surface area (Å²) in [5.41, 5.74) is 2.87. The number of esters is 3. The molecular formula is C24H27NO7. The number of hydrogen-bond acceptors (Lipinski definition) is 8. The summed E-state index contributed by atoms with van der Waals surface area (Å²) in [7, 11) is 2.54. The summed E-state index contributed by atoms with van der Waals surface area (Å²) >= 11 is 0. The quantitative estimate of drug-likeness (QED) is 0.422. The van der Waals surface area contributed by atoms with Gasteiger partial charge in [0.15, 0.2) is 5.78 Å². The van der Waals surface area contributed by atoms with Crippen LogP contribution in [0.25, 0.3) is 0 Å². The molecule has 3 atom stereocenters. The van der Waals surface area contributed by atoms with Gasteiger partial charge in [0.25, 0.3) is 0 Å². The minimum Gasteiger partial charge on any atom is -0.468 e. The average molecular weight is 441 g/mol. The van der Waals surface area contributed by atoms with E-state index in [0.29, 0.717) is 40.1 Å². The molecule has 0 bridgehead atoms. The molecule has 0 radical (unpaired) electrons. The van der Waals surface area contributed by atoms with E-state index >= 15 is 0 Å². The van der Waals surface area contributed by atoms with Crippen LogP contribution in [0.15, 0.2) is 46.8 Å². The van der Waals surface area contributed by atoms with E-state index in [1.807, 2.05) is 6.92 Å². The molecule has 1 aromatic carbocycles. The number of methoxy groups -OCH3 is 2. The number of ether oxygens (including phenoxy) is 3. The predicted octanol–water partition coefficient (Wildman–Crippen LogP) is 2.65. The average Bonchev–Trinajstić information content (AvgIpc) is 2.77. The van der Waals surface area contributed by atoms with Crippen molar-refractivity contribution in [3.05, 3.63) is 57.9 Å². The van der Waals surface area contributed by atoms with Gasteiger partial charge in [-0.2, -0.15) is 0 Å². The maximum atomic E-state index is 13.6. The largest absolute Gasteiger partial charge is 0.468 e. The Labute approximate surface area is 186 Å². The van der Waals surface area contributed by atoms with Crippen molar-refractivity contribution in [3.63, 3.8) is 0 Å². The third-order valence-corrected chi connectivity index (χ3v) is 5.90. The Morgan fingerprint density at radius 3 is 2.28 bits per heavy atom. The van der Waals surface area contributed by atoms with Crippen LogP contribution < -0.4 is 5.32 Å². The summed E-state index contributed by atoms with van der Waals surface area (Å²) in [5, 5.41) is 3.20. The highest BCUT2D eigenvalue weighted by molar-refractivity contribution is 6.12. The van der Waals surface area contributed by atoms with Crippen LogP contribution in [-0.2, 0) is 28.6 Å². The zero-order valence-electron chi connectivity index (χ0n) is 18.8. The zero-order valence-corrected chi connectivity index (χ0v) is 18.8. The number of carbonyl (C=O) groups excluding carboxylic acids is 4. The summed E-state index contributed by atoms with van der Waals surface area (Å²) in [6.07, 6.45) is 0.449. The van der Waals surface area contributed by atoms with Crippen molar-refractivity contribution in [1.82, 2.24) is 5.32 Å². The first-order valence-electron chi connectivity index (χ1n) is 10.4. The van der Waals surface area contributed by atoms with Gasteiger partial charge in [-0.1, -0.05) is 19.1 Å². The molecular weight excluding hydrogens is 414 g/mol. The Morgan fingerprint density at radius 2 is 1.72 bits per heavy atom. The highest BCUT2D eigenvalue weighted by Gasteiger charge is 2.47. The summed E-state index contributed by atoms with van der Waals surface area (Å²) in [6.45, 7) is 5.46. The standard InChI is InChI=1S/C24H27NO7/c1-6-32-24(29)18-13(3)25-16-11-12(2)17(23(28)31-5)21(26)20(16)19(18)14-7-9-15(10-8-14)22(27)30-4/h7-10,12,17,19,25H,6,11H2,1-5H3/t12-,17+,19+/m0/s1. The summed E-state index contributed by atoms with van der Waals surface area (Å²) < 4.78 is 14.9. The van der Waals surface area contributed by atoms with Crippen molar-refractivity contribution in [2.24, 2.45) is 11.8 Å². The maximum Gasteiger partial charge on any atom is 0.337 e. The first-order valence-corrected chi connectivity index (χ1v) is 10.4. The Bertz CT molecular complexity index is 1020. The molecule has 1 aliphatic heterocycles. The molecule has 0 aromatic heterocycles. The number of ketones is 1. The topological polar surface area (TPSA) is 108 Å². The van der Waals surface area contributed by atoms with Crippen LogP contribution in [-0.4, -0.2) is 44.5 Å². The second kappa shape index (κ2) is 9.38. The van der Waals surface area contributed by atoms with Crippen LogP contribution >= 0.6 is 0 Å². The number of Topliss-reactive ketones (excluding diaryl/α,β-unsaturated/α-hetero) is 1. The van der Waals surface area contributed by atoms with E-state index < -0.39 is 29.7 Å². The van der Waals surface area contributed by atoms with Gasteiger partial charge in [0.2, 0.25) is 0 Å². The fourth-order valence-corrected chi connectivity index (χ4v) is 4.42. The Kier molecular flexibility index (Phi) is 6.81. The minimum atomic E-state index is -0.959. The van der Waals surface area contributed by atoms with E-state index in [2.05, 4.69) is 5.32 Å². The molecule has 8 heteroatoms. The molecule has 0 unspecified atom stereocenters. The van der Waals surface area contributed by atoms with E-state index in [0.717, 1.165) is 0 Å². The van der Waals surface area contributed by atoms with Crippen molar-refractivity contribution in [3.8, 4) is 0 Å². The first kappa shape index (κ1) is 23.2. The van der Waals surface area contributed by atoms with Crippen LogP contribution in [0, 0.1) is 11.8 Å². The minimum absolute atomic E-state index is 0.172. The van der Waals surface area contributed by atoms with E-state index in [1.165, 1.54) is 14.2 Å². The van der Waals surface area contributed by atoms with Crippen molar-refractivity contribution in [2.75, 3.05) is 20.8 Å². The van der Waals surface area contributed by atoms with Crippen LogP contribution in [0.2, 0.25) is 0 Å². The maximum absolute atomic E-state index is 13.6. The number of benzene rings is 1. The molecule has 3 rings (SSSR count). The molecule has 0 amide bonds. The fraction of sp³-hybridized carbons (Fsp3) is 0.417. The molecule has 0 saturated carbocycles. The Morgan fingerprint density at radius 1 is 1.06 bits per heavy atom. The van der Waals surface area contributed by atoms with Gasteiger partial charge in [0, 0.05) is 22.9 Å². The number of carbonyl (C=O) groups is 4. The fourth-order valence-electron chi connectivity index (χ4n) is 4.42. The van der Waals surface area contributed by atoms with Gasteiger partial charge in [-0.05, 0) is 43.9 Å². The van der Waals surface area contributed by atoms with Gasteiger partial charge in [-0.25, -0.2) is 9.59 Å². The number of hydrogen-bond donors (Lipinski definition) is 1. The van der Waals surface area contributed by atoms with Gasteiger partial charge >= 0.3 is 17.9 Å². The van der Waals surface area contributed by atoms with E-state index in [9.17, 15) is 19.2 Å². The van der Waals surface area contributed by atoms with Crippen LogP contribution in [0.5, 0.6) is 0 Å². The molecule has 0 spiro atoms. The van der Waals surface area contributed by atoms with E-state index in [-0.39, 0.29) is 18.3 Å². The lowest BCUT2D eigenvalue weighted by molar-refractivity contribution is -0.151. The summed E-state index contributed by atoms with van der Waals surface area (Å²) in [5.74, 6) is -3.99. The van der Waals surface area contributed by atoms with Crippen molar-refractivity contribution in [2.45, 2.75) is 33.1 Å². The monoisotopic (exact) mass is 441 g/mol. The lowest BCUT2D eigenvalue weighted by Crippen LogP contribution is -2.43. The van der Waals surface area contributed by atoms with E-state index in [1.54, 1.807) is 38.1 Å². The molecule has 8 nitrogen and oxygen atoms in total. The summed E-state index contributed by atoms with van der Waals surface area (Å²) in [6, 6.07) is 6.51. The molecule has 32 heavy (non-hydrogen) atoms. The third-order valence-electron chi connectivity index (χ3n) is 5.90. The second-order valence-corrected chi connectivity index (χ2v) is 7.87. The molecule has 1 aromatic rings. The number of allylic oxidation sites excluding steroid dienone is 3. The molecule has 170 valence electrons. The predicted molar refractivity (Wildman–Crippen MR) is 114 cm³/mol. The van der Waals surface area contributed by atoms with Gasteiger partial charge in [0.1, 0.15) is 5.92 Å². The SMILES string of the molecule is CCOC(=O)C1=C(C)NC2=C(C(=O)[C@H](C(=O)OC)[C@@H](C)C2)[C@@H]1c1ccc(C(=O)OC)cc1.